The first-order chi connectivity index (χ1) is 12.8. The van der Waals surface area contributed by atoms with Crippen LogP contribution in [-0.4, -0.2) is 73.1 Å². The summed E-state index contributed by atoms with van der Waals surface area (Å²) in [6.45, 7) is 6.62. The van der Waals surface area contributed by atoms with E-state index in [2.05, 4.69) is 5.32 Å². The van der Waals surface area contributed by atoms with Crippen molar-refractivity contribution in [2.75, 3.05) is 57.1 Å². The normalized spacial score (nSPS) is 16.6. The maximum Gasteiger partial charge on any atom is 0.243 e. The molecule has 1 saturated heterocycles. The highest BCUT2D eigenvalue weighted by atomic mass is 32.2. The average molecular weight is 401 g/mol. The fourth-order valence-electron chi connectivity index (χ4n) is 3.15. The van der Waals surface area contributed by atoms with Crippen molar-refractivity contribution < 1.29 is 27.6 Å². The predicted octanol–water partition coefficient (Wildman–Crippen LogP) is -0.729. The van der Waals surface area contributed by atoms with Gasteiger partial charge in [0.1, 0.15) is 24.9 Å². The largest absolute Gasteiger partial charge is 0.497 e. The minimum atomic E-state index is -3.62. The Morgan fingerprint density at radius 3 is 2.48 bits per heavy atom. The molecule has 152 valence electrons. The molecule has 8 nitrogen and oxygen atoms in total. The van der Waals surface area contributed by atoms with Crippen LogP contribution in [0.5, 0.6) is 5.75 Å². The first-order valence-electron chi connectivity index (χ1n) is 9.15. The summed E-state index contributed by atoms with van der Waals surface area (Å²) in [6.07, 6.45) is 1.94. The summed E-state index contributed by atoms with van der Waals surface area (Å²) in [6, 6.07) is 5.76. The van der Waals surface area contributed by atoms with E-state index in [1.54, 1.807) is 31.2 Å². The molecule has 0 aliphatic carbocycles. The van der Waals surface area contributed by atoms with Crippen molar-refractivity contribution in [3.05, 3.63) is 24.3 Å². The van der Waals surface area contributed by atoms with E-state index in [4.69, 9.17) is 9.47 Å². The van der Waals surface area contributed by atoms with Crippen LogP contribution in [0.3, 0.4) is 0 Å². The van der Waals surface area contributed by atoms with E-state index in [0.717, 1.165) is 49.8 Å². The molecule has 1 aromatic rings. The van der Waals surface area contributed by atoms with Crippen molar-refractivity contribution in [3.63, 3.8) is 0 Å². The van der Waals surface area contributed by atoms with Crippen LogP contribution in [0.1, 0.15) is 13.3 Å². The number of morpholine rings is 1. The predicted molar refractivity (Wildman–Crippen MR) is 104 cm³/mol. The van der Waals surface area contributed by atoms with Gasteiger partial charge in [0.15, 0.2) is 0 Å². The van der Waals surface area contributed by atoms with Crippen molar-refractivity contribution in [1.82, 2.24) is 5.32 Å². The molecule has 1 atom stereocenters. The average Bonchev–Trinajstić information content (AvgIpc) is 2.65. The molecule has 0 unspecified atom stereocenters. The third-order valence-corrected chi connectivity index (χ3v) is 5.86. The maximum absolute atomic E-state index is 12.5. The van der Waals surface area contributed by atoms with E-state index in [9.17, 15) is 13.2 Å². The van der Waals surface area contributed by atoms with Crippen LogP contribution in [0.4, 0.5) is 5.69 Å². The second kappa shape index (κ2) is 9.91. The molecule has 0 saturated carbocycles. The lowest BCUT2D eigenvalue weighted by atomic mass is 10.2. The molecule has 0 bridgehead atoms. The molecule has 1 aliphatic heterocycles. The van der Waals surface area contributed by atoms with Gasteiger partial charge in [0.2, 0.25) is 15.9 Å². The van der Waals surface area contributed by atoms with Gasteiger partial charge in [-0.2, -0.15) is 0 Å². The SMILES string of the molecule is COc1ccc(N([C@H](C)C(=O)NCCC[NH+]2CCOCC2)S(C)(=O)=O)cc1. The van der Waals surface area contributed by atoms with Crippen LogP contribution in [0.15, 0.2) is 24.3 Å². The van der Waals surface area contributed by atoms with Crippen molar-refractivity contribution in [1.29, 1.82) is 0 Å². The van der Waals surface area contributed by atoms with Gasteiger partial charge in [-0.3, -0.25) is 9.10 Å². The third kappa shape index (κ3) is 6.37. The van der Waals surface area contributed by atoms with E-state index < -0.39 is 16.1 Å². The fourth-order valence-corrected chi connectivity index (χ4v) is 4.32. The molecule has 1 amide bonds. The Kier molecular flexibility index (Phi) is 7.88. The lowest BCUT2D eigenvalue weighted by Gasteiger charge is -2.28. The number of hydrogen-bond donors (Lipinski definition) is 2. The Balaban J connectivity index is 1.93. The molecule has 2 N–H and O–H groups in total. The standard InChI is InChI=1S/C18H29N3O5S/c1-15(18(22)19-9-4-10-20-11-13-26-14-12-20)21(27(3,23)24)16-5-7-17(25-2)8-6-16/h5-8,15H,4,9-14H2,1-3H3,(H,19,22)/p+1/t15-/m1/s1. The van der Waals surface area contributed by atoms with Gasteiger partial charge in [0.05, 0.1) is 38.8 Å². The molecule has 1 aromatic carbocycles. The zero-order valence-electron chi connectivity index (χ0n) is 16.2. The molecule has 1 aliphatic rings. The number of benzene rings is 1. The Morgan fingerprint density at radius 2 is 1.93 bits per heavy atom. The number of nitrogens with zero attached hydrogens (tertiary/aromatic N) is 1. The lowest BCUT2D eigenvalue weighted by Crippen LogP contribution is -3.14. The second-order valence-corrected chi connectivity index (χ2v) is 8.55. The number of sulfonamides is 1. The number of methoxy groups -OCH3 is 1. The van der Waals surface area contributed by atoms with Crippen LogP contribution in [0.25, 0.3) is 0 Å². The van der Waals surface area contributed by atoms with E-state index in [-0.39, 0.29) is 5.91 Å². The molecular formula is C18H30N3O5S+. The first-order valence-corrected chi connectivity index (χ1v) is 11.0. The van der Waals surface area contributed by atoms with Gasteiger partial charge in [0, 0.05) is 13.0 Å². The van der Waals surface area contributed by atoms with Crippen molar-refractivity contribution in [2.24, 2.45) is 0 Å². The minimum absolute atomic E-state index is 0.312. The summed E-state index contributed by atoms with van der Waals surface area (Å²) >= 11 is 0. The summed E-state index contributed by atoms with van der Waals surface area (Å²) in [5.74, 6) is 0.308. The molecule has 9 heteroatoms. The Morgan fingerprint density at radius 1 is 1.30 bits per heavy atom. The number of hydrogen-bond acceptors (Lipinski definition) is 5. The van der Waals surface area contributed by atoms with Gasteiger partial charge in [0.25, 0.3) is 0 Å². The van der Waals surface area contributed by atoms with Crippen molar-refractivity contribution >= 4 is 21.6 Å². The number of nitrogens with one attached hydrogen (secondary N) is 2. The molecule has 0 radical (unpaired) electrons. The Bertz CT molecular complexity index is 702. The Hall–Kier alpha value is -1.84. The van der Waals surface area contributed by atoms with Crippen LogP contribution in [0, 0.1) is 0 Å². The second-order valence-electron chi connectivity index (χ2n) is 6.69. The number of rotatable bonds is 9. The molecular weight excluding hydrogens is 370 g/mol. The number of quaternary nitrogens is 1. The monoisotopic (exact) mass is 400 g/mol. The van der Waals surface area contributed by atoms with Gasteiger partial charge in [-0.15, -0.1) is 0 Å². The number of carbonyl (C=O) groups is 1. The highest BCUT2D eigenvalue weighted by Gasteiger charge is 2.29. The maximum atomic E-state index is 12.5. The highest BCUT2D eigenvalue weighted by Crippen LogP contribution is 2.23. The van der Waals surface area contributed by atoms with Crippen LogP contribution >= 0.6 is 0 Å². The van der Waals surface area contributed by atoms with E-state index in [1.807, 2.05) is 0 Å². The molecule has 27 heavy (non-hydrogen) atoms. The highest BCUT2D eigenvalue weighted by molar-refractivity contribution is 7.92. The van der Waals surface area contributed by atoms with Crippen molar-refractivity contribution in [3.8, 4) is 5.75 Å². The molecule has 2 rings (SSSR count). The summed E-state index contributed by atoms with van der Waals surface area (Å²) in [5, 5.41) is 2.85. The number of amides is 1. The van der Waals surface area contributed by atoms with Gasteiger partial charge in [-0.05, 0) is 31.2 Å². The van der Waals surface area contributed by atoms with Gasteiger partial charge in [-0.1, -0.05) is 0 Å². The number of anilines is 1. The fraction of sp³-hybridized carbons (Fsp3) is 0.611. The zero-order valence-corrected chi connectivity index (χ0v) is 17.0. The summed E-state index contributed by atoms with van der Waals surface area (Å²) in [5.41, 5.74) is 0.429. The van der Waals surface area contributed by atoms with Crippen molar-refractivity contribution in [2.45, 2.75) is 19.4 Å². The number of ether oxygens (including phenoxy) is 2. The van der Waals surface area contributed by atoms with Crippen LogP contribution < -0.4 is 19.3 Å². The quantitative estimate of drug-likeness (QED) is 0.534. The summed E-state index contributed by atoms with van der Waals surface area (Å²) in [7, 11) is -2.08. The van der Waals surface area contributed by atoms with Gasteiger partial charge >= 0.3 is 0 Å². The minimum Gasteiger partial charge on any atom is -0.497 e. The molecule has 1 heterocycles. The van der Waals surface area contributed by atoms with E-state index >= 15 is 0 Å². The Labute approximate surface area is 161 Å². The zero-order chi connectivity index (χ0) is 19.9. The first kappa shape index (κ1) is 21.5. The van der Waals surface area contributed by atoms with E-state index in [0.29, 0.717) is 18.0 Å². The van der Waals surface area contributed by atoms with E-state index in [1.165, 1.54) is 12.0 Å². The molecule has 0 spiro atoms. The summed E-state index contributed by atoms with van der Waals surface area (Å²) in [4.78, 5) is 14.0. The van der Waals surface area contributed by atoms with Gasteiger partial charge in [-0.25, -0.2) is 8.42 Å². The van der Waals surface area contributed by atoms with Crippen LogP contribution in [0.2, 0.25) is 0 Å². The number of carbonyl (C=O) groups excluding carboxylic acids is 1. The molecule has 1 fully saturated rings. The lowest BCUT2D eigenvalue weighted by molar-refractivity contribution is -0.908. The smallest absolute Gasteiger partial charge is 0.243 e. The topological polar surface area (TPSA) is 89.4 Å². The third-order valence-electron chi connectivity index (χ3n) is 4.62. The summed E-state index contributed by atoms with van der Waals surface area (Å²) < 4.78 is 36.1. The van der Waals surface area contributed by atoms with Gasteiger partial charge < -0.3 is 19.7 Å². The molecule has 0 aromatic heterocycles. The van der Waals surface area contributed by atoms with Crippen LogP contribution in [-0.2, 0) is 19.6 Å².